The highest BCUT2D eigenvalue weighted by atomic mass is 19.4. The molecule has 0 aromatic heterocycles. The molecule has 0 saturated carbocycles. The van der Waals surface area contributed by atoms with Gasteiger partial charge in [-0.2, -0.15) is 13.2 Å². The smallest absolute Gasteiger partial charge is 0.410 e. The van der Waals surface area contributed by atoms with Crippen molar-refractivity contribution in [3.63, 3.8) is 0 Å². The predicted octanol–water partition coefficient (Wildman–Crippen LogP) is 3.35. The second-order valence-electron chi connectivity index (χ2n) is 6.32. The van der Waals surface area contributed by atoms with Crippen molar-refractivity contribution in [3.05, 3.63) is 0 Å². The molecule has 1 atom stereocenters. The fourth-order valence-corrected chi connectivity index (χ4v) is 1.95. The zero-order chi connectivity index (χ0) is 15.6. The zero-order valence-corrected chi connectivity index (χ0v) is 12.3. The van der Waals surface area contributed by atoms with E-state index in [2.05, 4.69) is 0 Å². The van der Waals surface area contributed by atoms with Gasteiger partial charge in [-0.1, -0.05) is 0 Å². The number of ether oxygens (including phenoxy) is 2. The van der Waals surface area contributed by atoms with E-state index in [9.17, 15) is 18.0 Å². The maximum Gasteiger partial charge on any atom is 0.410 e. The van der Waals surface area contributed by atoms with E-state index in [0.717, 1.165) is 0 Å². The van der Waals surface area contributed by atoms with Gasteiger partial charge in [0.2, 0.25) is 0 Å². The van der Waals surface area contributed by atoms with Gasteiger partial charge in [-0.25, -0.2) is 4.79 Å². The molecule has 0 N–H and O–H groups in total. The summed E-state index contributed by atoms with van der Waals surface area (Å²) in [6.07, 6.45) is -5.15. The molecule has 1 fully saturated rings. The monoisotopic (exact) mass is 297 g/mol. The van der Waals surface area contributed by atoms with Crippen molar-refractivity contribution < 1.29 is 27.4 Å². The Bertz CT molecular complexity index is 352. The van der Waals surface area contributed by atoms with Crippen molar-refractivity contribution in [2.75, 3.05) is 19.7 Å². The van der Waals surface area contributed by atoms with Gasteiger partial charge in [0.25, 0.3) is 0 Å². The molecule has 1 heterocycles. The number of likely N-dealkylation sites (tertiary alicyclic amines) is 1. The summed E-state index contributed by atoms with van der Waals surface area (Å²) in [6, 6.07) is 0. The highest BCUT2D eigenvalue weighted by Crippen LogP contribution is 2.28. The van der Waals surface area contributed by atoms with E-state index in [1.54, 1.807) is 27.7 Å². The first kappa shape index (κ1) is 17.1. The minimum atomic E-state index is -4.22. The minimum Gasteiger partial charge on any atom is -0.444 e. The first-order chi connectivity index (χ1) is 8.90. The van der Waals surface area contributed by atoms with Crippen LogP contribution in [-0.4, -0.2) is 48.1 Å². The van der Waals surface area contributed by atoms with Gasteiger partial charge in [0.15, 0.2) is 0 Å². The van der Waals surface area contributed by atoms with Crippen LogP contribution in [-0.2, 0) is 9.47 Å². The number of hydrogen-bond donors (Lipinski definition) is 0. The molecule has 0 aliphatic carbocycles. The van der Waals surface area contributed by atoms with Crippen LogP contribution in [0.25, 0.3) is 0 Å². The van der Waals surface area contributed by atoms with Gasteiger partial charge in [-0.15, -0.1) is 0 Å². The summed E-state index contributed by atoms with van der Waals surface area (Å²) in [5.74, 6) is 0. The molecule has 1 amide bonds. The van der Waals surface area contributed by atoms with E-state index in [1.165, 1.54) is 4.90 Å². The van der Waals surface area contributed by atoms with Gasteiger partial charge in [0, 0.05) is 6.54 Å². The molecule has 1 unspecified atom stereocenters. The van der Waals surface area contributed by atoms with E-state index in [4.69, 9.17) is 9.47 Å². The van der Waals surface area contributed by atoms with E-state index < -0.39 is 29.9 Å². The molecule has 0 spiro atoms. The van der Waals surface area contributed by atoms with Crippen molar-refractivity contribution in [3.8, 4) is 0 Å². The summed E-state index contributed by atoms with van der Waals surface area (Å²) in [7, 11) is 0. The van der Waals surface area contributed by atoms with E-state index in [0.29, 0.717) is 13.0 Å². The molecule has 118 valence electrons. The second kappa shape index (κ2) is 5.79. The number of rotatable bonds is 3. The summed E-state index contributed by atoms with van der Waals surface area (Å²) in [5, 5.41) is 0. The molecule has 0 aromatic carbocycles. The van der Waals surface area contributed by atoms with Gasteiger partial charge in [0.1, 0.15) is 5.60 Å². The normalized spacial score (nSPS) is 24.1. The fourth-order valence-electron chi connectivity index (χ4n) is 1.95. The predicted molar refractivity (Wildman–Crippen MR) is 67.5 cm³/mol. The molecule has 1 rings (SSSR count). The third-order valence-electron chi connectivity index (χ3n) is 2.92. The molecule has 1 aliphatic heterocycles. The van der Waals surface area contributed by atoms with Gasteiger partial charge in [0.05, 0.1) is 25.2 Å². The SMILES string of the molecule is CC(C)(C)OC(=O)N1CCC(C)(OCCC(F)(F)F)C1. The Balaban J connectivity index is 2.43. The molecule has 20 heavy (non-hydrogen) atoms. The van der Waals surface area contributed by atoms with Gasteiger partial charge >= 0.3 is 12.3 Å². The van der Waals surface area contributed by atoms with E-state index in [1.807, 2.05) is 0 Å². The van der Waals surface area contributed by atoms with Crippen LogP contribution in [0.1, 0.15) is 40.5 Å². The first-order valence-electron chi connectivity index (χ1n) is 6.59. The number of carbonyl (C=O) groups is 1. The first-order valence-corrected chi connectivity index (χ1v) is 6.59. The number of carbonyl (C=O) groups excluding carboxylic acids is 1. The standard InChI is InChI=1S/C13H22F3NO3/c1-11(2,3)20-10(18)17-7-5-12(4,9-17)19-8-6-13(14,15)16/h5-9H2,1-4H3. The highest BCUT2D eigenvalue weighted by molar-refractivity contribution is 5.68. The Kier molecular flexibility index (Phi) is 4.94. The molecular weight excluding hydrogens is 275 g/mol. The van der Waals surface area contributed by atoms with Gasteiger partial charge < -0.3 is 14.4 Å². The second-order valence-corrected chi connectivity index (χ2v) is 6.32. The summed E-state index contributed by atoms with van der Waals surface area (Å²) >= 11 is 0. The van der Waals surface area contributed by atoms with Crippen LogP contribution < -0.4 is 0 Å². The maximum atomic E-state index is 12.1. The van der Waals surface area contributed by atoms with Crippen LogP contribution >= 0.6 is 0 Å². The molecule has 7 heteroatoms. The van der Waals surface area contributed by atoms with Gasteiger partial charge in [-0.3, -0.25) is 0 Å². The lowest BCUT2D eigenvalue weighted by atomic mass is 10.1. The topological polar surface area (TPSA) is 38.8 Å². The Morgan fingerprint density at radius 1 is 1.30 bits per heavy atom. The number of nitrogens with zero attached hydrogens (tertiary/aromatic N) is 1. The average Bonchev–Trinajstić information content (AvgIpc) is 2.56. The molecule has 0 radical (unpaired) electrons. The molecule has 4 nitrogen and oxygen atoms in total. The van der Waals surface area contributed by atoms with Crippen LogP contribution in [0.3, 0.4) is 0 Å². The van der Waals surface area contributed by atoms with Crippen LogP contribution in [0.4, 0.5) is 18.0 Å². The summed E-state index contributed by atoms with van der Waals surface area (Å²) in [6.45, 7) is 7.30. The number of hydrogen-bond acceptors (Lipinski definition) is 3. The lowest BCUT2D eigenvalue weighted by Crippen LogP contribution is -2.39. The van der Waals surface area contributed by atoms with Crippen molar-refractivity contribution >= 4 is 6.09 Å². The van der Waals surface area contributed by atoms with Crippen molar-refractivity contribution in [1.82, 2.24) is 4.90 Å². The Morgan fingerprint density at radius 3 is 2.40 bits per heavy atom. The largest absolute Gasteiger partial charge is 0.444 e. The van der Waals surface area contributed by atoms with Gasteiger partial charge in [-0.05, 0) is 34.1 Å². The van der Waals surface area contributed by atoms with E-state index in [-0.39, 0.29) is 13.2 Å². The third-order valence-corrected chi connectivity index (χ3v) is 2.92. The number of alkyl halides is 3. The lowest BCUT2D eigenvalue weighted by Gasteiger charge is -2.27. The number of amides is 1. The average molecular weight is 297 g/mol. The Hall–Kier alpha value is -0.980. The lowest BCUT2D eigenvalue weighted by molar-refractivity contribution is -0.155. The quantitative estimate of drug-likeness (QED) is 0.802. The van der Waals surface area contributed by atoms with Crippen LogP contribution in [0, 0.1) is 0 Å². The van der Waals surface area contributed by atoms with E-state index >= 15 is 0 Å². The Morgan fingerprint density at radius 2 is 1.90 bits per heavy atom. The summed E-state index contributed by atoms with van der Waals surface area (Å²) in [5.41, 5.74) is -1.32. The van der Waals surface area contributed by atoms with Crippen LogP contribution in [0.2, 0.25) is 0 Å². The maximum absolute atomic E-state index is 12.1. The fraction of sp³-hybridized carbons (Fsp3) is 0.923. The highest BCUT2D eigenvalue weighted by Gasteiger charge is 2.39. The number of halogens is 3. The molecule has 1 aliphatic rings. The van der Waals surface area contributed by atoms with Crippen LogP contribution in [0.15, 0.2) is 0 Å². The summed E-state index contributed by atoms with van der Waals surface area (Å²) in [4.78, 5) is 13.3. The zero-order valence-electron chi connectivity index (χ0n) is 12.3. The van der Waals surface area contributed by atoms with Crippen molar-refractivity contribution in [1.29, 1.82) is 0 Å². The minimum absolute atomic E-state index is 0.250. The molecule has 0 aromatic rings. The molecule has 0 bridgehead atoms. The summed E-state index contributed by atoms with van der Waals surface area (Å²) < 4.78 is 46.8. The van der Waals surface area contributed by atoms with Crippen molar-refractivity contribution in [2.24, 2.45) is 0 Å². The van der Waals surface area contributed by atoms with Crippen LogP contribution in [0.5, 0.6) is 0 Å². The molecule has 1 saturated heterocycles. The third kappa shape index (κ3) is 5.98. The molecular formula is C13H22F3NO3. The van der Waals surface area contributed by atoms with Crippen molar-refractivity contribution in [2.45, 2.75) is 57.9 Å². The Labute approximate surface area is 117 Å².